The first-order valence-corrected chi connectivity index (χ1v) is 5.51. The monoisotopic (exact) mass is 257 g/mol. The first-order valence-electron chi connectivity index (χ1n) is 4.72. The Bertz CT molecular complexity index is 301. The number of aliphatic hydroxyl groups is 1. The summed E-state index contributed by atoms with van der Waals surface area (Å²) in [5.41, 5.74) is 6.91. The summed E-state index contributed by atoms with van der Waals surface area (Å²) < 4.78 is 0.951. The van der Waals surface area contributed by atoms with Gasteiger partial charge in [-0.3, -0.25) is 0 Å². The van der Waals surface area contributed by atoms with Crippen LogP contribution in [0.15, 0.2) is 28.7 Å². The van der Waals surface area contributed by atoms with Crippen molar-refractivity contribution in [3.8, 4) is 0 Å². The van der Waals surface area contributed by atoms with Crippen molar-refractivity contribution in [1.82, 2.24) is 0 Å². The number of halogens is 1. The summed E-state index contributed by atoms with van der Waals surface area (Å²) >= 11 is 3.42. The molecule has 0 spiro atoms. The van der Waals surface area contributed by atoms with Gasteiger partial charge in [0, 0.05) is 4.47 Å². The average molecular weight is 258 g/mol. The lowest BCUT2D eigenvalue weighted by Gasteiger charge is -2.23. The van der Waals surface area contributed by atoms with Crippen LogP contribution in [0.25, 0.3) is 0 Å². The molecule has 2 atom stereocenters. The lowest BCUT2D eigenvalue weighted by molar-refractivity contribution is 0.0977. The topological polar surface area (TPSA) is 46.2 Å². The maximum atomic E-state index is 9.83. The Morgan fingerprint density at radius 1 is 1.29 bits per heavy atom. The zero-order chi connectivity index (χ0) is 10.7. The van der Waals surface area contributed by atoms with E-state index in [9.17, 15) is 5.11 Å². The smallest absolute Gasteiger partial charge is 0.0756 e. The number of benzene rings is 1. The van der Waals surface area contributed by atoms with E-state index in [4.69, 9.17) is 5.73 Å². The normalized spacial score (nSPS) is 15.6. The van der Waals surface area contributed by atoms with Crippen molar-refractivity contribution in [3.63, 3.8) is 0 Å². The average Bonchev–Trinajstić information content (AvgIpc) is 2.16. The van der Waals surface area contributed by atoms with Gasteiger partial charge in [0.15, 0.2) is 0 Å². The van der Waals surface area contributed by atoms with Gasteiger partial charge in [-0.1, -0.05) is 48.0 Å². The molecular weight excluding hydrogens is 242 g/mol. The fraction of sp³-hybridized carbons (Fsp3) is 0.455. The summed E-state index contributed by atoms with van der Waals surface area (Å²) in [5, 5.41) is 9.83. The Morgan fingerprint density at radius 2 is 1.86 bits per heavy atom. The minimum absolute atomic E-state index is 0.164. The minimum Gasteiger partial charge on any atom is -0.391 e. The second-order valence-corrected chi connectivity index (χ2v) is 4.64. The molecule has 3 N–H and O–H groups in total. The fourth-order valence-corrected chi connectivity index (χ4v) is 1.89. The highest BCUT2D eigenvalue weighted by molar-refractivity contribution is 9.10. The van der Waals surface area contributed by atoms with Crippen LogP contribution in [0, 0.1) is 5.92 Å². The molecule has 14 heavy (non-hydrogen) atoms. The maximum Gasteiger partial charge on any atom is 0.0756 e. The maximum absolute atomic E-state index is 9.83. The highest BCUT2D eigenvalue weighted by Crippen LogP contribution is 2.26. The zero-order valence-electron chi connectivity index (χ0n) is 8.44. The van der Waals surface area contributed by atoms with Gasteiger partial charge < -0.3 is 10.8 Å². The molecule has 1 aromatic carbocycles. The van der Waals surface area contributed by atoms with Crippen LogP contribution < -0.4 is 5.73 Å². The van der Waals surface area contributed by atoms with Crippen molar-refractivity contribution < 1.29 is 5.11 Å². The Labute approximate surface area is 93.3 Å². The lowest BCUT2D eigenvalue weighted by atomic mass is 9.95. The van der Waals surface area contributed by atoms with Gasteiger partial charge in [0.05, 0.1) is 12.1 Å². The van der Waals surface area contributed by atoms with Gasteiger partial charge in [0.2, 0.25) is 0 Å². The molecule has 0 aliphatic heterocycles. The van der Waals surface area contributed by atoms with Gasteiger partial charge in [-0.25, -0.2) is 0 Å². The molecule has 0 saturated heterocycles. The molecular formula is C11H16BrNO. The standard InChI is InChI=1S/C11H16BrNO/c1-7(2)11(14)10(13)8-5-3-4-6-9(8)12/h3-7,10-11,14H,13H2,1-2H3. The number of nitrogens with two attached hydrogens (primary N) is 1. The Morgan fingerprint density at radius 3 is 2.36 bits per heavy atom. The molecule has 2 nitrogen and oxygen atoms in total. The van der Waals surface area contributed by atoms with Crippen molar-refractivity contribution in [1.29, 1.82) is 0 Å². The van der Waals surface area contributed by atoms with Gasteiger partial charge in [-0.05, 0) is 17.5 Å². The molecule has 3 heteroatoms. The molecule has 0 aliphatic carbocycles. The highest BCUT2D eigenvalue weighted by Gasteiger charge is 2.21. The summed E-state index contributed by atoms with van der Waals surface area (Å²) in [5.74, 6) is 0.164. The zero-order valence-corrected chi connectivity index (χ0v) is 10.0. The number of hydrogen-bond donors (Lipinski definition) is 2. The largest absolute Gasteiger partial charge is 0.391 e. The number of rotatable bonds is 3. The van der Waals surface area contributed by atoms with Crippen LogP contribution in [0.3, 0.4) is 0 Å². The third-order valence-electron chi connectivity index (χ3n) is 2.32. The molecule has 2 unspecified atom stereocenters. The van der Waals surface area contributed by atoms with Crippen molar-refractivity contribution >= 4 is 15.9 Å². The SMILES string of the molecule is CC(C)C(O)C(N)c1ccccc1Br. The predicted molar refractivity (Wildman–Crippen MR) is 61.9 cm³/mol. The lowest BCUT2D eigenvalue weighted by Crippen LogP contribution is -2.30. The van der Waals surface area contributed by atoms with Crippen LogP contribution in [-0.4, -0.2) is 11.2 Å². The minimum atomic E-state index is -0.506. The second kappa shape index (κ2) is 4.91. The molecule has 0 bridgehead atoms. The summed E-state index contributed by atoms with van der Waals surface area (Å²) in [6.07, 6.45) is -0.506. The van der Waals surface area contributed by atoms with E-state index in [1.54, 1.807) is 0 Å². The quantitative estimate of drug-likeness (QED) is 0.874. The van der Waals surface area contributed by atoms with Crippen LogP contribution in [-0.2, 0) is 0 Å². The van der Waals surface area contributed by atoms with Crippen LogP contribution in [0.2, 0.25) is 0 Å². The molecule has 1 rings (SSSR count). The number of aliphatic hydroxyl groups excluding tert-OH is 1. The molecule has 0 heterocycles. The van der Waals surface area contributed by atoms with E-state index in [1.165, 1.54) is 0 Å². The second-order valence-electron chi connectivity index (χ2n) is 3.78. The molecule has 0 aromatic heterocycles. The van der Waals surface area contributed by atoms with Gasteiger partial charge in [0.25, 0.3) is 0 Å². The van der Waals surface area contributed by atoms with Gasteiger partial charge in [-0.15, -0.1) is 0 Å². The molecule has 0 amide bonds. The van der Waals surface area contributed by atoms with E-state index in [0.717, 1.165) is 10.0 Å². The van der Waals surface area contributed by atoms with Crippen LogP contribution in [0.4, 0.5) is 0 Å². The van der Waals surface area contributed by atoms with E-state index in [1.807, 2.05) is 38.1 Å². The summed E-state index contributed by atoms with van der Waals surface area (Å²) in [4.78, 5) is 0. The fourth-order valence-electron chi connectivity index (χ4n) is 1.34. The molecule has 0 fully saturated rings. The van der Waals surface area contributed by atoms with E-state index in [-0.39, 0.29) is 12.0 Å². The molecule has 1 aromatic rings. The van der Waals surface area contributed by atoms with E-state index < -0.39 is 6.10 Å². The Hall–Kier alpha value is -0.380. The summed E-state index contributed by atoms with van der Waals surface area (Å²) in [6.45, 7) is 3.92. The van der Waals surface area contributed by atoms with E-state index >= 15 is 0 Å². The first-order chi connectivity index (χ1) is 6.54. The summed E-state index contributed by atoms with van der Waals surface area (Å²) in [6, 6.07) is 7.39. The van der Waals surface area contributed by atoms with Crippen molar-refractivity contribution in [2.45, 2.75) is 26.0 Å². The van der Waals surface area contributed by atoms with Crippen LogP contribution in [0.1, 0.15) is 25.5 Å². The third kappa shape index (κ3) is 2.56. The van der Waals surface area contributed by atoms with Crippen molar-refractivity contribution in [3.05, 3.63) is 34.3 Å². The number of hydrogen-bond acceptors (Lipinski definition) is 2. The van der Waals surface area contributed by atoms with Crippen LogP contribution >= 0.6 is 15.9 Å². The summed E-state index contributed by atoms with van der Waals surface area (Å²) in [7, 11) is 0. The van der Waals surface area contributed by atoms with E-state index in [2.05, 4.69) is 15.9 Å². The van der Waals surface area contributed by atoms with Gasteiger partial charge >= 0.3 is 0 Å². The first kappa shape index (κ1) is 11.7. The van der Waals surface area contributed by atoms with Crippen molar-refractivity contribution in [2.75, 3.05) is 0 Å². The Balaban J connectivity index is 2.89. The highest BCUT2D eigenvalue weighted by atomic mass is 79.9. The Kier molecular flexibility index (Phi) is 4.11. The third-order valence-corrected chi connectivity index (χ3v) is 3.04. The predicted octanol–water partition coefficient (Wildman–Crippen LogP) is 2.47. The van der Waals surface area contributed by atoms with Crippen LogP contribution in [0.5, 0.6) is 0 Å². The van der Waals surface area contributed by atoms with Gasteiger partial charge in [-0.2, -0.15) is 0 Å². The van der Waals surface area contributed by atoms with E-state index in [0.29, 0.717) is 0 Å². The van der Waals surface area contributed by atoms with Crippen molar-refractivity contribution in [2.24, 2.45) is 11.7 Å². The molecule has 0 radical (unpaired) electrons. The molecule has 0 saturated carbocycles. The molecule has 78 valence electrons. The van der Waals surface area contributed by atoms with Gasteiger partial charge in [0.1, 0.15) is 0 Å². The molecule has 0 aliphatic rings.